The van der Waals surface area contributed by atoms with Crippen LogP contribution < -0.4 is 5.30 Å². The summed E-state index contributed by atoms with van der Waals surface area (Å²) in [4.78, 5) is 3.92. The highest BCUT2D eigenvalue weighted by Crippen LogP contribution is 1.98. The molecule has 1 rings (SSSR count). The number of hydrogen-bond acceptors (Lipinski definition) is 2. The average molecular weight is 143 g/mol. The molecule has 0 aromatic carbocycles. The molecule has 0 saturated heterocycles. The zero-order valence-electron chi connectivity index (χ0n) is 4.20. The number of pyridine rings is 1. The number of thiol groups is 1. The first-order valence-corrected chi connectivity index (χ1v) is 3.22. The topological polar surface area (TPSA) is 12.9 Å². The van der Waals surface area contributed by atoms with Gasteiger partial charge in [0.25, 0.3) is 0 Å². The maximum Gasteiger partial charge on any atom is 0.100 e. The molecule has 0 amide bonds. The molecular weight excluding hydrogens is 137 g/mol. The van der Waals surface area contributed by atoms with E-state index in [4.69, 9.17) is 0 Å². The molecule has 0 fully saturated rings. The Morgan fingerprint density at radius 2 is 2.38 bits per heavy atom. The number of nitrogens with zero attached hydrogens (tertiary/aromatic N) is 1. The number of aromatic nitrogens is 1. The Balaban J connectivity index is 3.13. The van der Waals surface area contributed by atoms with E-state index in [0.717, 1.165) is 10.3 Å². The van der Waals surface area contributed by atoms with Crippen LogP contribution in [0.5, 0.6) is 0 Å². The van der Waals surface area contributed by atoms with Crippen LogP contribution in [-0.4, -0.2) is 4.98 Å². The van der Waals surface area contributed by atoms with E-state index in [1.54, 1.807) is 6.20 Å². The molecule has 1 atom stereocenters. The van der Waals surface area contributed by atoms with Crippen LogP contribution in [-0.2, 0) is 0 Å². The normalized spacial score (nSPS) is 9.25. The van der Waals surface area contributed by atoms with Crippen LogP contribution in [0.4, 0.5) is 0 Å². The van der Waals surface area contributed by atoms with Gasteiger partial charge in [-0.25, -0.2) is 4.98 Å². The van der Waals surface area contributed by atoms with Gasteiger partial charge in [0, 0.05) is 11.5 Å². The summed E-state index contributed by atoms with van der Waals surface area (Å²) in [6, 6.07) is 3.82. The van der Waals surface area contributed by atoms with Crippen LogP contribution in [0.1, 0.15) is 0 Å². The standard InChI is InChI=1S/C5H6NPS/c7-4-2-1-3-6-5(4)8/h1-3H,7H2,(H,6,8). The summed E-state index contributed by atoms with van der Waals surface area (Å²) in [5.41, 5.74) is 0. The fourth-order valence-electron chi connectivity index (χ4n) is 0.409. The van der Waals surface area contributed by atoms with Gasteiger partial charge in [0.2, 0.25) is 0 Å². The molecule has 1 aromatic heterocycles. The van der Waals surface area contributed by atoms with Gasteiger partial charge in [-0.2, -0.15) is 0 Å². The molecule has 1 heterocycles. The van der Waals surface area contributed by atoms with Crippen molar-refractivity contribution in [3.05, 3.63) is 18.3 Å². The van der Waals surface area contributed by atoms with Crippen LogP contribution >= 0.6 is 21.9 Å². The highest BCUT2D eigenvalue weighted by atomic mass is 32.1. The summed E-state index contributed by atoms with van der Waals surface area (Å²) >= 11 is 4.07. The fraction of sp³-hybridized carbons (Fsp3) is 0. The molecule has 1 aromatic rings. The second kappa shape index (κ2) is 2.47. The Kier molecular flexibility index (Phi) is 1.87. The molecule has 8 heavy (non-hydrogen) atoms. The Bertz CT molecular complexity index is 169. The third-order valence-electron chi connectivity index (χ3n) is 0.817. The fourth-order valence-corrected chi connectivity index (χ4v) is 0.736. The van der Waals surface area contributed by atoms with E-state index >= 15 is 0 Å². The lowest BCUT2D eigenvalue weighted by Crippen LogP contribution is -1.93. The molecule has 0 spiro atoms. The molecule has 0 aliphatic rings. The smallest absolute Gasteiger partial charge is 0.100 e. The maximum absolute atomic E-state index is 4.07. The maximum atomic E-state index is 4.07. The Labute approximate surface area is 56.1 Å². The largest absolute Gasteiger partial charge is 0.250 e. The first-order chi connectivity index (χ1) is 3.80. The second-order valence-electron chi connectivity index (χ2n) is 1.42. The van der Waals surface area contributed by atoms with Crippen molar-refractivity contribution in [2.24, 2.45) is 0 Å². The van der Waals surface area contributed by atoms with E-state index in [2.05, 4.69) is 26.9 Å². The summed E-state index contributed by atoms with van der Waals surface area (Å²) in [6.45, 7) is 0. The van der Waals surface area contributed by atoms with Gasteiger partial charge < -0.3 is 0 Å². The minimum Gasteiger partial charge on any atom is -0.250 e. The predicted octanol–water partition coefficient (Wildman–Crippen LogP) is 0.871. The van der Waals surface area contributed by atoms with Gasteiger partial charge in [-0.15, -0.1) is 21.9 Å². The molecule has 0 radical (unpaired) electrons. The SMILES string of the molecule is Pc1cccnc1S. The van der Waals surface area contributed by atoms with E-state index in [9.17, 15) is 0 Å². The van der Waals surface area contributed by atoms with Crippen molar-refractivity contribution in [2.75, 3.05) is 0 Å². The molecule has 0 bridgehead atoms. The van der Waals surface area contributed by atoms with Crippen molar-refractivity contribution in [3.8, 4) is 0 Å². The summed E-state index contributed by atoms with van der Waals surface area (Å²) < 4.78 is 0. The quantitative estimate of drug-likeness (QED) is 0.420. The Morgan fingerprint density at radius 3 is 2.75 bits per heavy atom. The highest BCUT2D eigenvalue weighted by Gasteiger charge is 1.86. The highest BCUT2D eigenvalue weighted by molar-refractivity contribution is 7.80. The first kappa shape index (κ1) is 6.06. The number of hydrogen-bond donors (Lipinski definition) is 1. The van der Waals surface area contributed by atoms with Gasteiger partial charge in [-0.3, -0.25) is 0 Å². The summed E-state index contributed by atoms with van der Waals surface area (Å²) in [6.07, 6.45) is 1.72. The minimum absolute atomic E-state index is 0.775. The van der Waals surface area contributed by atoms with E-state index < -0.39 is 0 Å². The summed E-state index contributed by atoms with van der Waals surface area (Å²) in [7, 11) is 2.55. The van der Waals surface area contributed by atoms with Crippen LogP contribution in [0.15, 0.2) is 23.4 Å². The lowest BCUT2D eigenvalue weighted by Gasteiger charge is -1.91. The molecule has 3 heteroatoms. The molecular formula is C5H6NPS. The molecule has 1 nitrogen and oxygen atoms in total. The third-order valence-corrected chi connectivity index (χ3v) is 1.90. The first-order valence-electron chi connectivity index (χ1n) is 2.20. The van der Waals surface area contributed by atoms with Gasteiger partial charge in [0.15, 0.2) is 0 Å². The lowest BCUT2D eigenvalue weighted by molar-refractivity contribution is 1.17. The molecule has 0 saturated carbocycles. The second-order valence-corrected chi connectivity index (χ2v) is 2.46. The Morgan fingerprint density at radius 1 is 1.62 bits per heavy atom. The van der Waals surface area contributed by atoms with Crippen molar-refractivity contribution >= 4 is 27.2 Å². The molecule has 42 valence electrons. The van der Waals surface area contributed by atoms with Crippen molar-refractivity contribution in [2.45, 2.75) is 5.03 Å². The van der Waals surface area contributed by atoms with Gasteiger partial charge in [-0.05, 0) is 6.07 Å². The average Bonchev–Trinajstić information content (AvgIpc) is 1.77. The van der Waals surface area contributed by atoms with Crippen LogP contribution in [0.3, 0.4) is 0 Å². The predicted molar refractivity (Wildman–Crippen MR) is 40.8 cm³/mol. The zero-order chi connectivity index (χ0) is 5.98. The zero-order valence-corrected chi connectivity index (χ0v) is 6.25. The van der Waals surface area contributed by atoms with Gasteiger partial charge in [-0.1, -0.05) is 6.07 Å². The van der Waals surface area contributed by atoms with Gasteiger partial charge in [0.05, 0.1) is 0 Å². The van der Waals surface area contributed by atoms with Crippen LogP contribution in [0, 0.1) is 0 Å². The summed E-state index contributed by atoms with van der Waals surface area (Å²) in [5, 5.41) is 1.81. The van der Waals surface area contributed by atoms with Crippen LogP contribution in [0.25, 0.3) is 0 Å². The van der Waals surface area contributed by atoms with Crippen LogP contribution in [0.2, 0.25) is 0 Å². The molecule has 0 aliphatic carbocycles. The minimum atomic E-state index is 0.775. The Hall–Kier alpha value is -0.0700. The van der Waals surface area contributed by atoms with Crippen molar-refractivity contribution in [3.63, 3.8) is 0 Å². The van der Waals surface area contributed by atoms with Crippen molar-refractivity contribution in [1.82, 2.24) is 4.98 Å². The number of rotatable bonds is 0. The van der Waals surface area contributed by atoms with E-state index in [0.29, 0.717) is 0 Å². The van der Waals surface area contributed by atoms with Gasteiger partial charge >= 0.3 is 0 Å². The molecule has 0 aliphatic heterocycles. The van der Waals surface area contributed by atoms with E-state index in [1.807, 2.05) is 12.1 Å². The van der Waals surface area contributed by atoms with Crippen molar-refractivity contribution < 1.29 is 0 Å². The van der Waals surface area contributed by atoms with E-state index in [1.165, 1.54) is 0 Å². The summed E-state index contributed by atoms with van der Waals surface area (Å²) in [5.74, 6) is 0. The molecule has 1 unspecified atom stereocenters. The lowest BCUT2D eigenvalue weighted by atomic mass is 10.5. The third kappa shape index (κ3) is 1.21. The van der Waals surface area contributed by atoms with E-state index in [-0.39, 0.29) is 0 Å². The van der Waals surface area contributed by atoms with Crippen molar-refractivity contribution in [1.29, 1.82) is 0 Å². The molecule has 0 N–H and O–H groups in total. The monoisotopic (exact) mass is 143 g/mol. The van der Waals surface area contributed by atoms with Gasteiger partial charge in [0.1, 0.15) is 5.03 Å².